The number of rotatable bonds is 8. The third kappa shape index (κ3) is 8.36. The normalized spacial score (nSPS) is 16.8. The quantitative estimate of drug-likeness (QED) is 0.348. The second-order valence-electron chi connectivity index (χ2n) is 5.75. The Morgan fingerprint density at radius 3 is 2.14 bits per heavy atom. The summed E-state index contributed by atoms with van der Waals surface area (Å²) in [5, 5.41) is 11.7. The van der Waals surface area contributed by atoms with Gasteiger partial charge in [0.15, 0.2) is 0 Å². The Morgan fingerprint density at radius 2 is 1.73 bits per heavy atom. The zero-order valence-corrected chi connectivity index (χ0v) is 14.5. The Hall–Kier alpha value is -1.11. The number of hydrogen-bond donors (Lipinski definition) is 3. The molecule has 0 aromatic rings. The second-order valence-corrected chi connectivity index (χ2v) is 8.23. The highest BCUT2D eigenvalue weighted by atomic mass is 31.2. The summed E-state index contributed by atoms with van der Waals surface area (Å²) in [7, 11) is -3.60. The van der Waals surface area contributed by atoms with Crippen LogP contribution in [0.2, 0.25) is 0 Å². The molecule has 0 aliphatic carbocycles. The van der Waals surface area contributed by atoms with Crippen LogP contribution in [0.3, 0.4) is 0 Å². The second kappa shape index (κ2) is 9.12. The molecule has 0 aromatic heterocycles. The first-order valence-electron chi connectivity index (χ1n) is 7.08. The third-order valence-electron chi connectivity index (χ3n) is 2.70. The molecule has 0 heterocycles. The fourth-order valence-corrected chi connectivity index (χ4v) is 1.84. The molecule has 0 rings (SSSR count). The van der Waals surface area contributed by atoms with E-state index < -0.39 is 31.6 Å². The Morgan fingerprint density at radius 1 is 1.18 bits per heavy atom. The molecular weight excluding hydrogens is 313 g/mol. The van der Waals surface area contributed by atoms with E-state index in [1.54, 1.807) is 27.7 Å². The maximum absolute atomic E-state index is 11.6. The molecule has 3 atom stereocenters. The zero-order chi connectivity index (χ0) is 17.5. The van der Waals surface area contributed by atoms with Crippen molar-refractivity contribution in [3.63, 3.8) is 0 Å². The van der Waals surface area contributed by atoms with Crippen molar-refractivity contribution >= 4 is 19.4 Å². The minimum atomic E-state index is -3.60. The standard InChI is InChI=1S/C13H26NO7P/c1-8(2)11(16)20-12(9(3)4)21-13(17)14-7-6-10(15)22(5,18)19/h8-10,12,15H,6-7H2,1-5H3,(H,14,17)(H,18,19)/t10-,12?/m0/s1. The van der Waals surface area contributed by atoms with Gasteiger partial charge in [-0.05, 0) is 0 Å². The molecule has 9 heteroatoms. The summed E-state index contributed by atoms with van der Waals surface area (Å²) in [6.45, 7) is 7.79. The number of carbonyl (C=O) groups excluding carboxylic acids is 2. The van der Waals surface area contributed by atoms with Gasteiger partial charge >= 0.3 is 12.1 Å². The summed E-state index contributed by atoms with van der Waals surface area (Å²) in [6, 6.07) is 0. The smallest absolute Gasteiger partial charge is 0.410 e. The molecule has 0 bridgehead atoms. The summed E-state index contributed by atoms with van der Waals surface area (Å²) >= 11 is 0. The monoisotopic (exact) mass is 339 g/mol. The van der Waals surface area contributed by atoms with E-state index in [1.165, 1.54) is 0 Å². The molecular formula is C13H26NO7P. The number of aliphatic hydroxyl groups is 1. The van der Waals surface area contributed by atoms with E-state index in [1.807, 2.05) is 0 Å². The molecule has 0 saturated heterocycles. The Bertz CT molecular complexity index is 419. The lowest BCUT2D eigenvalue weighted by Crippen LogP contribution is -2.36. The number of hydrogen-bond acceptors (Lipinski definition) is 6. The minimum Gasteiger partial charge on any atom is -0.425 e. The van der Waals surface area contributed by atoms with Gasteiger partial charge in [-0.1, -0.05) is 27.7 Å². The van der Waals surface area contributed by atoms with E-state index >= 15 is 0 Å². The number of carbonyl (C=O) groups is 2. The molecule has 0 aliphatic rings. The van der Waals surface area contributed by atoms with Crippen LogP contribution in [-0.2, 0) is 18.8 Å². The average molecular weight is 339 g/mol. The average Bonchev–Trinajstić information content (AvgIpc) is 2.36. The van der Waals surface area contributed by atoms with E-state index in [4.69, 9.17) is 14.4 Å². The number of ether oxygens (including phenoxy) is 2. The predicted molar refractivity (Wildman–Crippen MR) is 80.4 cm³/mol. The van der Waals surface area contributed by atoms with Crippen LogP contribution < -0.4 is 5.32 Å². The molecule has 22 heavy (non-hydrogen) atoms. The van der Waals surface area contributed by atoms with Gasteiger partial charge in [0, 0.05) is 25.5 Å². The first-order valence-corrected chi connectivity index (χ1v) is 9.25. The molecule has 0 fully saturated rings. The van der Waals surface area contributed by atoms with Gasteiger partial charge in [-0.25, -0.2) is 4.79 Å². The van der Waals surface area contributed by atoms with Gasteiger partial charge in [0.1, 0.15) is 5.85 Å². The summed E-state index contributed by atoms with van der Waals surface area (Å²) in [5.74, 6) is -2.46. The molecule has 2 unspecified atom stereocenters. The Kier molecular flexibility index (Phi) is 8.66. The van der Waals surface area contributed by atoms with Crippen LogP contribution in [0.15, 0.2) is 0 Å². The van der Waals surface area contributed by atoms with E-state index in [0.717, 1.165) is 6.66 Å². The lowest BCUT2D eigenvalue weighted by molar-refractivity contribution is -0.178. The highest BCUT2D eigenvalue weighted by Gasteiger charge is 2.25. The molecule has 8 nitrogen and oxygen atoms in total. The van der Waals surface area contributed by atoms with Crippen LogP contribution >= 0.6 is 7.37 Å². The Labute approximate surface area is 130 Å². The van der Waals surface area contributed by atoms with Crippen molar-refractivity contribution in [2.45, 2.75) is 46.3 Å². The lowest BCUT2D eigenvalue weighted by atomic mass is 10.2. The molecule has 0 radical (unpaired) electrons. The van der Waals surface area contributed by atoms with Crippen molar-refractivity contribution in [1.82, 2.24) is 5.32 Å². The summed E-state index contributed by atoms with van der Waals surface area (Å²) < 4.78 is 21.2. The first-order chi connectivity index (χ1) is 9.95. The summed E-state index contributed by atoms with van der Waals surface area (Å²) in [4.78, 5) is 32.3. The van der Waals surface area contributed by atoms with Gasteiger partial charge < -0.3 is 24.8 Å². The van der Waals surface area contributed by atoms with Crippen molar-refractivity contribution < 1.29 is 33.6 Å². The lowest BCUT2D eigenvalue weighted by Gasteiger charge is -2.22. The van der Waals surface area contributed by atoms with Crippen LogP contribution in [0, 0.1) is 11.8 Å². The highest BCUT2D eigenvalue weighted by molar-refractivity contribution is 7.57. The number of aliphatic hydroxyl groups excluding tert-OH is 1. The number of amides is 1. The van der Waals surface area contributed by atoms with E-state index in [0.29, 0.717) is 0 Å². The molecule has 0 saturated carbocycles. The van der Waals surface area contributed by atoms with Crippen molar-refractivity contribution in [2.75, 3.05) is 13.2 Å². The molecule has 0 aliphatic heterocycles. The number of esters is 1. The van der Waals surface area contributed by atoms with Gasteiger partial charge in [-0.2, -0.15) is 0 Å². The molecule has 130 valence electrons. The van der Waals surface area contributed by atoms with Crippen LogP contribution in [-0.4, -0.2) is 47.4 Å². The first kappa shape index (κ1) is 20.9. The van der Waals surface area contributed by atoms with Crippen LogP contribution in [0.1, 0.15) is 34.1 Å². The van der Waals surface area contributed by atoms with Crippen molar-refractivity contribution in [3.8, 4) is 0 Å². The van der Waals surface area contributed by atoms with Gasteiger partial charge in [-0.3, -0.25) is 9.36 Å². The van der Waals surface area contributed by atoms with Crippen LogP contribution in [0.25, 0.3) is 0 Å². The highest BCUT2D eigenvalue weighted by Crippen LogP contribution is 2.41. The Balaban J connectivity index is 4.31. The minimum absolute atomic E-state index is 0.0403. The van der Waals surface area contributed by atoms with E-state index in [-0.39, 0.29) is 24.8 Å². The molecule has 1 amide bonds. The zero-order valence-electron chi connectivity index (χ0n) is 13.6. The molecule has 3 N–H and O–H groups in total. The van der Waals surface area contributed by atoms with Crippen molar-refractivity contribution in [3.05, 3.63) is 0 Å². The van der Waals surface area contributed by atoms with Crippen LogP contribution in [0.5, 0.6) is 0 Å². The van der Waals surface area contributed by atoms with Gasteiger partial charge in [-0.15, -0.1) is 0 Å². The summed E-state index contributed by atoms with van der Waals surface area (Å²) in [5.41, 5.74) is 0. The topological polar surface area (TPSA) is 122 Å². The van der Waals surface area contributed by atoms with Gasteiger partial charge in [0.05, 0.1) is 5.92 Å². The number of alkyl carbamates (subject to hydrolysis) is 1. The maximum atomic E-state index is 11.6. The maximum Gasteiger partial charge on any atom is 0.410 e. The number of nitrogens with one attached hydrogen (secondary N) is 1. The van der Waals surface area contributed by atoms with Gasteiger partial charge in [0.25, 0.3) is 6.29 Å². The van der Waals surface area contributed by atoms with E-state index in [9.17, 15) is 19.3 Å². The van der Waals surface area contributed by atoms with Crippen LogP contribution in [0.4, 0.5) is 4.79 Å². The van der Waals surface area contributed by atoms with Crippen molar-refractivity contribution in [2.24, 2.45) is 11.8 Å². The fourth-order valence-electron chi connectivity index (χ4n) is 1.24. The molecule has 0 spiro atoms. The largest absolute Gasteiger partial charge is 0.425 e. The van der Waals surface area contributed by atoms with Gasteiger partial charge in [0.2, 0.25) is 7.37 Å². The SMILES string of the molecule is CC(C)C(=O)OC(OC(=O)NCC[C@@H](O)P(C)(=O)O)C(C)C. The van der Waals surface area contributed by atoms with Crippen molar-refractivity contribution in [1.29, 1.82) is 0 Å². The third-order valence-corrected chi connectivity index (χ3v) is 4.06. The molecule has 0 aromatic carbocycles. The fraction of sp³-hybridized carbons (Fsp3) is 0.846. The predicted octanol–water partition coefficient (Wildman–Crippen LogP) is 1.50. The summed E-state index contributed by atoms with van der Waals surface area (Å²) in [6.07, 6.45) is -1.93. The van der Waals surface area contributed by atoms with E-state index in [2.05, 4.69) is 5.32 Å².